The van der Waals surface area contributed by atoms with E-state index in [0.29, 0.717) is 24.0 Å². The fourth-order valence-corrected chi connectivity index (χ4v) is 3.14. The fourth-order valence-electron chi connectivity index (χ4n) is 2.39. The molecule has 8 heteroatoms. The minimum absolute atomic E-state index is 0.156. The molecule has 2 aromatic rings. The van der Waals surface area contributed by atoms with E-state index < -0.39 is 12.0 Å². The number of carbonyl (C=O) groups excluding carboxylic acids is 2. The van der Waals surface area contributed by atoms with E-state index in [9.17, 15) is 9.59 Å². The highest BCUT2D eigenvalue weighted by atomic mass is 32.1. The monoisotopic (exact) mass is 332 g/mol. The van der Waals surface area contributed by atoms with Gasteiger partial charge in [-0.3, -0.25) is 9.59 Å². The normalized spacial score (nSPS) is 16.4. The molecule has 3 N–H and O–H groups in total. The van der Waals surface area contributed by atoms with Gasteiger partial charge in [-0.1, -0.05) is 12.1 Å². The van der Waals surface area contributed by atoms with Crippen LogP contribution in [0.15, 0.2) is 29.6 Å². The summed E-state index contributed by atoms with van der Waals surface area (Å²) in [5, 5.41) is 5.09. The SMILES string of the molecule is CC(=O)Nc1nc(CN2CC(C(N)=O)Oc3ccccc32)cs1. The van der Waals surface area contributed by atoms with Gasteiger partial charge >= 0.3 is 0 Å². The summed E-state index contributed by atoms with van der Waals surface area (Å²) in [6.07, 6.45) is -0.696. The number of nitrogens with one attached hydrogen (secondary N) is 1. The number of hydrogen-bond donors (Lipinski definition) is 2. The van der Waals surface area contributed by atoms with Gasteiger partial charge in [0.25, 0.3) is 5.91 Å². The molecule has 23 heavy (non-hydrogen) atoms. The smallest absolute Gasteiger partial charge is 0.260 e. The molecule has 1 aromatic heterocycles. The summed E-state index contributed by atoms with van der Waals surface area (Å²) in [6, 6.07) is 7.48. The van der Waals surface area contributed by atoms with E-state index >= 15 is 0 Å². The zero-order valence-corrected chi connectivity index (χ0v) is 13.3. The number of aromatic nitrogens is 1. The maximum atomic E-state index is 11.5. The first kappa shape index (κ1) is 15.3. The first-order chi connectivity index (χ1) is 11.0. The number of nitrogens with two attached hydrogens (primary N) is 1. The summed E-state index contributed by atoms with van der Waals surface area (Å²) >= 11 is 1.36. The molecule has 0 saturated carbocycles. The van der Waals surface area contributed by atoms with Crippen LogP contribution in [0.4, 0.5) is 10.8 Å². The number of carbonyl (C=O) groups is 2. The average molecular weight is 332 g/mol. The third-order valence-electron chi connectivity index (χ3n) is 3.37. The van der Waals surface area contributed by atoms with Gasteiger partial charge in [-0.15, -0.1) is 11.3 Å². The Morgan fingerprint density at radius 2 is 2.26 bits per heavy atom. The third-order valence-corrected chi connectivity index (χ3v) is 4.17. The van der Waals surface area contributed by atoms with E-state index in [1.165, 1.54) is 18.3 Å². The molecule has 7 nitrogen and oxygen atoms in total. The van der Waals surface area contributed by atoms with Crippen molar-refractivity contribution in [3.63, 3.8) is 0 Å². The number of hydrogen-bond acceptors (Lipinski definition) is 6. The van der Waals surface area contributed by atoms with Crippen molar-refractivity contribution in [2.45, 2.75) is 19.6 Å². The number of ether oxygens (including phenoxy) is 1. The van der Waals surface area contributed by atoms with Crippen LogP contribution < -0.4 is 20.7 Å². The van der Waals surface area contributed by atoms with Crippen LogP contribution in [0.25, 0.3) is 0 Å². The standard InChI is InChI=1S/C15H16N4O3S/c1-9(20)17-15-18-10(8-23-15)6-19-7-13(14(16)21)22-12-5-3-2-4-11(12)19/h2-5,8,13H,6-7H2,1H3,(H2,16,21)(H,17,18,20). The molecule has 0 fully saturated rings. The molecule has 1 unspecified atom stereocenters. The van der Waals surface area contributed by atoms with Crippen molar-refractivity contribution in [1.82, 2.24) is 4.98 Å². The van der Waals surface area contributed by atoms with Gasteiger partial charge in [0.2, 0.25) is 5.91 Å². The largest absolute Gasteiger partial charge is 0.477 e. The Bertz CT molecular complexity index is 746. The van der Waals surface area contributed by atoms with E-state index in [1.807, 2.05) is 28.5 Å². The molecule has 2 amide bonds. The molecule has 1 atom stereocenters. The number of para-hydroxylation sites is 2. The quantitative estimate of drug-likeness (QED) is 0.881. The Balaban J connectivity index is 1.82. The Morgan fingerprint density at radius 1 is 1.48 bits per heavy atom. The molecule has 0 radical (unpaired) electrons. The van der Waals surface area contributed by atoms with Crippen LogP contribution >= 0.6 is 11.3 Å². The number of amides is 2. The van der Waals surface area contributed by atoms with E-state index in [2.05, 4.69) is 10.3 Å². The molecule has 120 valence electrons. The van der Waals surface area contributed by atoms with Gasteiger partial charge in [0.1, 0.15) is 5.75 Å². The van der Waals surface area contributed by atoms with Crippen LogP contribution in [0.2, 0.25) is 0 Å². The molecule has 1 aromatic carbocycles. The van der Waals surface area contributed by atoms with Crippen LogP contribution in [0, 0.1) is 0 Å². The second-order valence-corrected chi connectivity index (χ2v) is 6.04. The number of thiazole rings is 1. The van der Waals surface area contributed by atoms with Gasteiger partial charge in [-0.05, 0) is 12.1 Å². The van der Waals surface area contributed by atoms with Gasteiger partial charge in [0.15, 0.2) is 11.2 Å². The molecular formula is C15H16N4O3S. The molecule has 1 aliphatic heterocycles. The molecule has 0 bridgehead atoms. The van der Waals surface area contributed by atoms with Gasteiger partial charge in [-0.2, -0.15) is 0 Å². The average Bonchev–Trinajstić information content (AvgIpc) is 2.93. The number of nitrogens with zero attached hydrogens (tertiary/aromatic N) is 2. The highest BCUT2D eigenvalue weighted by molar-refractivity contribution is 7.13. The second-order valence-electron chi connectivity index (χ2n) is 5.18. The summed E-state index contributed by atoms with van der Waals surface area (Å²) < 4.78 is 5.63. The molecule has 0 aliphatic carbocycles. The number of benzene rings is 1. The van der Waals surface area contributed by atoms with Crippen LogP contribution in [0.1, 0.15) is 12.6 Å². The molecule has 0 saturated heterocycles. The molecule has 0 spiro atoms. The number of primary amides is 1. The van der Waals surface area contributed by atoms with Gasteiger partial charge < -0.3 is 20.7 Å². The van der Waals surface area contributed by atoms with Crippen molar-refractivity contribution in [3.05, 3.63) is 35.3 Å². The van der Waals surface area contributed by atoms with Gasteiger partial charge in [-0.25, -0.2) is 4.98 Å². The summed E-state index contributed by atoms with van der Waals surface area (Å²) in [7, 11) is 0. The van der Waals surface area contributed by atoms with Crippen molar-refractivity contribution in [1.29, 1.82) is 0 Å². The maximum Gasteiger partial charge on any atom is 0.260 e. The summed E-state index contributed by atoms with van der Waals surface area (Å²) in [6.45, 7) is 2.30. The number of fused-ring (bicyclic) bond motifs is 1. The number of rotatable bonds is 4. The van der Waals surface area contributed by atoms with E-state index in [0.717, 1.165) is 11.4 Å². The van der Waals surface area contributed by atoms with Crippen molar-refractivity contribution >= 4 is 34.0 Å². The summed E-state index contributed by atoms with van der Waals surface area (Å²) in [4.78, 5) is 28.9. The number of anilines is 2. The van der Waals surface area contributed by atoms with E-state index in [-0.39, 0.29) is 5.91 Å². The highest BCUT2D eigenvalue weighted by Gasteiger charge is 2.29. The molecule has 2 heterocycles. The molecule has 3 rings (SSSR count). The predicted octanol–water partition coefficient (Wildman–Crippen LogP) is 1.35. The lowest BCUT2D eigenvalue weighted by molar-refractivity contribution is -0.124. The maximum absolute atomic E-state index is 11.5. The van der Waals surface area contributed by atoms with Gasteiger partial charge in [0.05, 0.1) is 24.5 Å². The Labute approximate surface area is 137 Å². The molecular weight excluding hydrogens is 316 g/mol. The van der Waals surface area contributed by atoms with E-state index in [4.69, 9.17) is 10.5 Å². The summed E-state index contributed by atoms with van der Waals surface area (Å²) in [5.74, 6) is -0.0296. The van der Waals surface area contributed by atoms with E-state index in [1.54, 1.807) is 6.07 Å². The Hall–Kier alpha value is -2.61. The lowest BCUT2D eigenvalue weighted by atomic mass is 10.1. The Kier molecular flexibility index (Phi) is 4.16. The second kappa shape index (κ2) is 6.25. The van der Waals surface area contributed by atoms with Crippen molar-refractivity contribution in [2.75, 3.05) is 16.8 Å². The van der Waals surface area contributed by atoms with Gasteiger partial charge in [0, 0.05) is 12.3 Å². The fraction of sp³-hybridized carbons (Fsp3) is 0.267. The van der Waals surface area contributed by atoms with Crippen molar-refractivity contribution < 1.29 is 14.3 Å². The van der Waals surface area contributed by atoms with Crippen LogP contribution in [0.5, 0.6) is 5.75 Å². The van der Waals surface area contributed by atoms with Crippen LogP contribution in [-0.4, -0.2) is 29.4 Å². The zero-order valence-electron chi connectivity index (χ0n) is 12.5. The van der Waals surface area contributed by atoms with Crippen molar-refractivity contribution in [2.24, 2.45) is 5.73 Å². The lowest BCUT2D eigenvalue weighted by Gasteiger charge is -2.34. The first-order valence-corrected chi connectivity index (χ1v) is 7.93. The Morgan fingerprint density at radius 3 is 3.00 bits per heavy atom. The third kappa shape index (κ3) is 3.42. The zero-order chi connectivity index (χ0) is 16.4. The van der Waals surface area contributed by atoms with Crippen LogP contribution in [0.3, 0.4) is 0 Å². The first-order valence-electron chi connectivity index (χ1n) is 7.05. The minimum Gasteiger partial charge on any atom is -0.477 e. The highest BCUT2D eigenvalue weighted by Crippen LogP contribution is 2.34. The predicted molar refractivity (Wildman–Crippen MR) is 87.5 cm³/mol. The molecule has 1 aliphatic rings. The van der Waals surface area contributed by atoms with Crippen molar-refractivity contribution in [3.8, 4) is 5.75 Å². The van der Waals surface area contributed by atoms with Crippen LogP contribution in [-0.2, 0) is 16.1 Å². The summed E-state index contributed by atoms with van der Waals surface area (Å²) in [5.41, 5.74) is 7.08. The lowest BCUT2D eigenvalue weighted by Crippen LogP contribution is -2.47. The topological polar surface area (TPSA) is 97.5 Å². The minimum atomic E-state index is -0.696.